The standard InChI is InChI=1S/C31H43N3O2/c1-2-3-4-5-6-7-8-9-10-11-12-13-14-15-16-17-18-23-30(35)33-27-29-22-20-25-34(29)31(36)28-21-19-24-32-26-28/h3-4,6-7,9-10,12-13,15-16,19,21,24,26,29H,2,5,8,11,14,17-18,20,22-23,25,27H2,1H3,(H,33,35)/t29-/m1/s1. The number of hydrogen-bond donors (Lipinski definition) is 1. The maximum absolute atomic E-state index is 12.7. The zero-order chi connectivity index (χ0) is 25.7. The number of pyridine rings is 1. The van der Waals surface area contributed by atoms with E-state index in [2.05, 4.69) is 78.0 Å². The largest absolute Gasteiger partial charge is 0.354 e. The third-order valence-electron chi connectivity index (χ3n) is 6.01. The van der Waals surface area contributed by atoms with Crippen LogP contribution < -0.4 is 5.32 Å². The lowest BCUT2D eigenvalue weighted by atomic mass is 10.1. The lowest BCUT2D eigenvalue weighted by Crippen LogP contribution is -2.43. The van der Waals surface area contributed by atoms with Gasteiger partial charge in [0.1, 0.15) is 0 Å². The number of carbonyl (C=O) groups is 2. The molecule has 5 nitrogen and oxygen atoms in total. The van der Waals surface area contributed by atoms with Gasteiger partial charge in [0.15, 0.2) is 0 Å². The smallest absolute Gasteiger partial charge is 0.255 e. The quantitative estimate of drug-likeness (QED) is 0.207. The number of allylic oxidation sites excluding steroid dienone is 10. The monoisotopic (exact) mass is 489 g/mol. The van der Waals surface area contributed by atoms with Gasteiger partial charge in [-0.2, -0.15) is 0 Å². The number of aromatic nitrogens is 1. The number of rotatable bonds is 16. The van der Waals surface area contributed by atoms with Crippen LogP contribution in [-0.2, 0) is 4.79 Å². The van der Waals surface area contributed by atoms with Gasteiger partial charge in [-0.3, -0.25) is 14.6 Å². The molecule has 5 heteroatoms. The van der Waals surface area contributed by atoms with Gasteiger partial charge < -0.3 is 10.2 Å². The maximum Gasteiger partial charge on any atom is 0.255 e. The van der Waals surface area contributed by atoms with Crippen LogP contribution in [-0.4, -0.2) is 40.8 Å². The Kier molecular flexibility index (Phi) is 15.3. The number of unbranched alkanes of at least 4 members (excludes halogenated alkanes) is 1. The predicted molar refractivity (Wildman–Crippen MR) is 150 cm³/mol. The van der Waals surface area contributed by atoms with Crippen molar-refractivity contribution in [3.05, 3.63) is 90.9 Å². The molecule has 1 aromatic heterocycles. The third-order valence-corrected chi connectivity index (χ3v) is 6.01. The second kappa shape index (κ2) is 19.0. The molecule has 1 fully saturated rings. The van der Waals surface area contributed by atoms with Crippen LogP contribution in [0.1, 0.15) is 81.5 Å². The summed E-state index contributed by atoms with van der Waals surface area (Å²) in [5.41, 5.74) is 0.604. The third kappa shape index (κ3) is 12.5. The molecule has 2 amide bonds. The van der Waals surface area contributed by atoms with E-state index in [4.69, 9.17) is 0 Å². The fourth-order valence-electron chi connectivity index (χ4n) is 4.04. The molecule has 1 aliphatic rings. The highest BCUT2D eigenvalue weighted by Gasteiger charge is 2.29. The summed E-state index contributed by atoms with van der Waals surface area (Å²) in [6.07, 6.45) is 34.3. The van der Waals surface area contributed by atoms with Gasteiger partial charge in [-0.1, -0.05) is 67.7 Å². The molecule has 194 valence electrons. The van der Waals surface area contributed by atoms with E-state index >= 15 is 0 Å². The Morgan fingerprint density at radius 3 is 2.22 bits per heavy atom. The highest BCUT2D eigenvalue weighted by Crippen LogP contribution is 2.19. The summed E-state index contributed by atoms with van der Waals surface area (Å²) in [4.78, 5) is 30.8. The Labute approximate surface area is 217 Å². The van der Waals surface area contributed by atoms with Gasteiger partial charge in [0.2, 0.25) is 5.91 Å². The number of likely N-dealkylation sites (tertiary alicyclic amines) is 1. The van der Waals surface area contributed by atoms with Crippen LogP contribution in [0.15, 0.2) is 85.3 Å². The fourth-order valence-corrected chi connectivity index (χ4v) is 4.04. The Balaban J connectivity index is 1.50. The topological polar surface area (TPSA) is 62.3 Å². The molecule has 1 N–H and O–H groups in total. The summed E-state index contributed by atoms with van der Waals surface area (Å²) in [6, 6.07) is 3.63. The van der Waals surface area contributed by atoms with E-state index in [-0.39, 0.29) is 17.9 Å². The SMILES string of the molecule is CCC=CCC=CCC=CCC=CCC=CCCCC(=O)NC[C@H]1CCCN1C(=O)c1cccnc1. The molecule has 0 aromatic carbocycles. The number of amides is 2. The van der Waals surface area contributed by atoms with E-state index in [1.54, 1.807) is 24.5 Å². The summed E-state index contributed by atoms with van der Waals surface area (Å²) in [5, 5.41) is 3.02. The molecular weight excluding hydrogens is 446 g/mol. The van der Waals surface area contributed by atoms with Gasteiger partial charge in [0.05, 0.1) is 5.56 Å². The predicted octanol–water partition coefficient (Wildman–Crippen LogP) is 6.72. The molecule has 1 saturated heterocycles. The molecule has 2 rings (SSSR count). The first-order valence-electron chi connectivity index (χ1n) is 13.4. The highest BCUT2D eigenvalue weighted by atomic mass is 16.2. The minimum absolute atomic E-state index is 0.00163. The first-order valence-corrected chi connectivity index (χ1v) is 13.4. The van der Waals surface area contributed by atoms with Crippen molar-refractivity contribution in [3.8, 4) is 0 Å². The molecule has 0 bridgehead atoms. The van der Waals surface area contributed by atoms with Crippen molar-refractivity contribution in [3.63, 3.8) is 0 Å². The van der Waals surface area contributed by atoms with Crippen molar-refractivity contribution in [2.24, 2.45) is 0 Å². The molecular formula is C31H43N3O2. The zero-order valence-corrected chi connectivity index (χ0v) is 21.9. The van der Waals surface area contributed by atoms with Crippen LogP contribution in [0.3, 0.4) is 0 Å². The lowest BCUT2D eigenvalue weighted by molar-refractivity contribution is -0.121. The van der Waals surface area contributed by atoms with Gasteiger partial charge in [0, 0.05) is 37.9 Å². The summed E-state index contributed by atoms with van der Waals surface area (Å²) in [5.74, 6) is 0.0567. The Bertz CT molecular complexity index is 900. The normalized spacial score (nSPS) is 16.5. The van der Waals surface area contributed by atoms with E-state index in [1.807, 2.05) is 4.90 Å². The van der Waals surface area contributed by atoms with Crippen molar-refractivity contribution >= 4 is 11.8 Å². The maximum atomic E-state index is 12.7. The molecule has 0 aliphatic carbocycles. The van der Waals surface area contributed by atoms with Gasteiger partial charge in [-0.25, -0.2) is 0 Å². The molecule has 1 atom stereocenters. The van der Waals surface area contributed by atoms with Crippen LogP contribution in [0.4, 0.5) is 0 Å². The summed E-state index contributed by atoms with van der Waals surface area (Å²) in [6.45, 7) is 3.40. The van der Waals surface area contributed by atoms with Crippen molar-refractivity contribution in [1.82, 2.24) is 15.2 Å². The van der Waals surface area contributed by atoms with Gasteiger partial charge in [0.25, 0.3) is 5.91 Å². The van der Waals surface area contributed by atoms with Crippen LogP contribution in [0.5, 0.6) is 0 Å². The minimum Gasteiger partial charge on any atom is -0.354 e. The minimum atomic E-state index is -0.00163. The van der Waals surface area contributed by atoms with E-state index < -0.39 is 0 Å². The second-order valence-electron chi connectivity index (χ2n) is 8.94. The van der Waals surface area contributed by atoms with Gasteiger partial charge >= 0.3 is 0 Å². The van der Waals surface area contributed by atoms with Crippen LogP contribution in [0.2, 0.25) is 0 Å². The van der Waals surface area contributed by atoms with E-state index in [1.165, 1.54) is 0 Å². The fraction of sp³-hybridized carbons (Fsp3) is 0.452. The molecule has 0 radical (unpaired) electrons. The van der Waals surface area contributed by atoms with E-state index in [0.717, 1.165) is 64.3 Å². The molecule has 0 unspecified atom stereocenters. The molecule has 1 aromatic rings. The van der Waals surface area contributed by atoms with Crippen molar-refractivity contribution < 1.29 is 9.59 Å². The van der Waals surface area contributed by atoms with Crippen LogP contribution in [0.25, 0.3) is 0 Å². The highest BCUT2D eigenvalue weighted by molar-refractivity contribution is 5.94. The molecule has 1 aliphatic heterocycles. The number of hydrogen-bond acceptors (Lipinski definition) is 3. The number of nitrogens with zero attached hydrogens (tertiary/aromatic N) is 2. The van der Waals surface area contributed by atoms with Crippen molar-refractivity contribution in [2.45, 2.75) is 77.2 Å². The van der Waals surface area contributed by atoms with Gasteiger partial charge in [-0.05, 0) is 69.9 Å². The first-order chi connectivity index (χ1) is 17.7. The second-order valence-corrected chi connectivity index (χ2v) is 8.94. The Morgan fingerprint density at radius 2 is 1.61 bits per heavy atom. The zero-order valence-electron chi connectivity index (χ0n) is 21.9. The average molecular weight is 490 g/mol. The number of carbonyl (C=O) groups excluding carboxylic acids is 2. The van der Waals surface area contributed by atoms with E-state index in [9.17, 15) is 9.59 Å². The van der Waals surface area contributed by atoms with Crippen LogP contribution >= 0.6 is 0 Å². The molecule has 0 saturated carbocycles. The van der Waals surface area contributed by atoms with Crippen molar-refractivity contribution in [2.75, 3.05) is 13.1 Å². The lowest BCUT2D eigenvalue weighted by Gasteiger charge is -2.25. The number of nitrogens with one attached hydrogen (secondary N) is 1. The van der Waals surface area contributed by atoms with Gasteiger partial charge in [-0.15, -0.1) is 0 Å². The average Bonchev–Trinajstić information content (AvgIpc) is 3.38. The molecule has 0 spiro atoms. The van der Waals surface area contributed by atoms with E-state index in [0.29, 0.717) is 18.5 Å². The molecule has 2 heterocycles. The first kappa shape index (κ1) is 29.0. The molecule has 36 heavy (non-hydrogen) atoms. The summed E-state index contributed by atoms with van der Waals surface area (Å²) >= 11 is 0. The summed E-state index contributed by atoms with van der Waals surface area (Å²) in [7, 11) is 0. The Hall–Kier alpha value is -3.21. The van der Waals surface area contributed by atoms with Crippen molar-refractivity contribution in [1.29, 1.82) is 0 Å². The van der Waals surface area contributed by atoms with Crippen LogP contribution in [0, 0.1) is 0 Å². The Morgan fingerprint density at radius 1 is 0.972 bits per heavy atom. The summed E-state index contributed by atoms with van der Waals surface area (Å²) < 4.78 is 0.